The van der Waals surface area contributed by atoms with Crippen LogP contribution in [0.3, 0.4) is 0 Å². The minimum absolute atomic E-state index is 0.107. The van der Waals surface area contributed by atoms with E-state index in [1.54, 1.807) is 12.1 Å². The maximum Gasteiger partial charge on any atom is 0.249 e. The first kappa shape index (κ1) is 20.3. The standard InChI is InChI=1S/C18H22ClN3O3S3/c1-20-28(24,25)15-8-7-13(26-15)18(9-12(18)11-5-3-2-4-6-11)16(23)22-17-21-10-14(19)27-17/h7-8,10-12,20H,2-6,9H2,1H3,(H,21,22,23). The molecule has 0 radical (unpaired) electrons. The number of nitrogens with zero attached hydrogens (tertiary/aromatic N) is 1. The van der Waals surface area contributed by atoms with Crippen molar-refractivity contribution in [1.82, 2.24) is 9.71 Å². The molecule has 2 aliphatic carbocycles. The van der Waals surface area contributed by atoms with Crippen molar-refractivity contribution in [2.75, 3.05) is 12.4 Å². The molecule has 2 aromatic heterocycles. The number of rotatable bonds is 6. The number of amides is 1. The van der Waals surface area contributed by atoms with Crippen molar-refractivity contribution in [1.29, 1.82) is 0 Å². The Morgan fingerprint density at radius 2 is 2.00 bits per heavy atom. The van der Waals surface area contributed by atoms with E-state index in [4.69, 9.17) is 11.6 Å². The van der Waals surface area contributed by atoms with Gasteiger partial charge in [-0.05, 0) is 37.4 Å². The third-order valence-corrected chi connectivity index (χ3v) is 10.1. The van der Waals surface area contributed by atoms with Crippen LogP contribution in [0.2, 0.25) is 4.34 Å². The Hall–Kier alpha value is -1.00. The molecule has 2 atom stereocenters. The number of halogens is 1. The van der Waals surface area contributed by atoms with Crippen LogP contribution in [0.4, 0.5) is 5.13 Å². The average Bonchev–Trinajstić information content (AvgIpc) is 3.01. The predicted molar refractivity (Wildman–Crippen MR) is 113 cm³/mol. The van der Waals surface area contributed by atoms with Crippen LogP contribution in [0.15, 0.2) is 22.5 Å². The van der Waals surface area contributed by atoms with Gasteiger partial charge in [-0.15, -0.1) is 11.3 Å². The fraction of sp³-hybridized carbons (Fsp3) is 0.556. The Morgan fingerprint density at radius 3 is 2.64 bits per heavy atom. The van der Waals surface area contributed by atoms with E-state index in [9.17, 15) is 13.2 Å². The highest BCUT2D eigenvalue weighted by molar-refractivity contribution is 7.91. The Labute approximate surface area is 177 Å². The second-order valence-electron chi connectivity index (χ2n) is 7.43. The van der Waals surface area contributed by atoms with E-state index in [0.29, 0.717) is 15.4 Å². The topological polar surface area (TPSA) is 88.2 Å². The summed E-state index contributed by atoms with van der Waals surface area (Å²) in [6, 6.07) is 3.39. The smallest absolute Gasteiger partial charge is 0.249 e. The highest BCUT2D eigenvalue weighted by Gasteiger charge is 2.64. The Balaban J connectivity index is 1.66. The number of hydrogen-bond donors (Lipinski definition) is 2. The van der Waals surface area contributed by atoms with Crippen molar-refractivity contribution in [3.8, 4) is 0 Å². The number of aromatic nitrogens is 1. The molecular weight excluding hydrogens is 438 g/mol. The lowest BCUT2D eigenvalue weighted by molar-refractivity contribution is -0.119. The average molecular weight is 460 g/mol. The van der Waals surface area contributed by atoms with Gasteiger partial charge in [0.05, 0.1) is 11.6 Å². The van der Waals surface area contributed by atoms with Crippen LogP contribution in [-0.4, -0.2) is 26.4 Å². The molecule has 152 valence electrons. The number of carbonyl (C=O) groups is 1. The molecule has 2 aromatic rings. The van der Waals surface area contributed by atoms with Crippen molar-refractivity contribution >= 4 is 55.3 Å². The maximum atomic E-state index is 13.3. The summed E-state index contributed by atoms with van der Waals surface area (Å²) in [6.07, 6.45) is 8.19. The van der Waals surface area contributed by atoms with Gasteiger partial charge in [0.15, 0.2) is 5.13 Å². The van der Waals surface area contributed by atoms with Crippen LogP contribution in [0.1, 0.15) is 43.4 Å². The Morgan fingerprint density at radius 1 is 1.25 bits per heavy atom. The molecule has 2 heterocycles. The van der Waals surface area contributed by atoms with Gasteiger partial charge in [0.25, 0.3) is 0 Å². The van der Waals surface area contributed by atoms with E-state index in [1.165, 1.54) is 55.2 Å². The van der Waals surface area contributed by atoms with Crippen LogP contribution in [0, 0.1) is 11.8 Å². The molecule has 6 nitrogen and oxygen atoms in total. The summed E-state index contributed by atoms with van der Waals surface area (Å²) in [4.78, 5) is 18.3. The molecule has 0 aromatic carbocycles. The first-order valence-electron chi connectivity index (χ1n) is 9.33. The highest BCUT2D eigenvalue weighted by atomic mass is 35.5. The normalized spacial score (nSPS) is 25.6. The summed E-state index contributed by atoms with van der Waals surface area (Å²) in [7, 11) is -2.13. The van der Waals surface area contributed by atoms with Crippen LogP contribution in [-0.2, 0) is 20.2 Å². The zero-order chi connectivity index (χ0) is 19.9. The van der Waals surface area contributed by atoms with Gasteiger partial charge < -0.3 is 5.32 Å². The second-order valence-corrected chi connectivity index (χ2v) is 12.3. The van der Waals surface area contributed by atoms with E-state index in [-0.39, 0.29) is 16.0 Å². The van der Waals surface area contributed by atoms with Crippen molar-refractivity contribution in [3.63, 3.8) is 0 Å². The van der Waals surface area contributed by atoms with Crippen LogP contribution in [0.5, 0.6) is 0 Å². The number of nitrogens with one attached hydrogen (secondary N) is 2. The largest absolute Gasteiger partial charge is 0.301 e. The maximum absolute atomic E-state index is 13.3. The van der Waals surface area contributed by atoms with E-state index >= 15 is 0 Å². The molecular formula is C18H22ClN3O3S3. The predicted octanol–water partition coefficient (Wildman–Crippen LogP) is 4.24. The molecule has 0 spiro atoms. The minimum Gasteiger partial charge on any atom is -0.301 e. The molecule has 2 saturated carbocycles. The van der Waals surface area contributed by atoms with Crippen molar-refractivity contribution < 1.29 is 13.2 Å². The molecule has 4 rings (SSSR count). The van der Waals surface area contributed by atoms with Gasteiger partial charge in [0.1, 0.15) is 8.55 Å². The third kappa shape index (κ3) is 3.63. The number of thiazole rings is 1. The van der Waals surface area contributed by atoms with Crippen molar-refractivity contribution in [3.05, 3.63) is 27.5 Å². The molecule has 28 heavy (non-hydrogen) atoms. The molecule has 10 heteroatoms. The zero-order valence-corrected chi connectivity index (χ0v) is 18.6. The molecule has 2 N–H and O–H groups in total. The number of anilines is 1. The second kappa shape index (κ2) is 7.68. The molecule has 0 bridgehead atoms. The molecule has 1 amide bonds. The van der Waals surface area contributed by atoms with Crippen LogP contribution >= 0.6 is 34.3 Å². The lowest BCUT2D eigenvalue weighted by Crippen LogP contribution is -2.31. The number of hydrogen-bond acceptors (Lipinski definition) is 6. The van der Waals surface area contributed by atoms with Crippen molar-refractivity contribution in [2.24, 2.45) is 11.8 Å². The first-order valence-corrected chi connectivity index (χ1v) is 12.8. The summed E-state index contributed by atoms with van der Waals surface area (Å²) in [5.74, 6) is 0.641. The highest BCUT2D eigenvalue weighted by Crippen LogP contribution is 2.62. The summed E-state index contributed by atoms with van der Waals surface area (Å²) in [5, 5.41) is 3.40. The number of carbonyl (C=O) groups excluding carboxylic acids is 1. The lowest BCUT2D eigenvalue weighted by Gasteiger charge is -2.25. The van der Waals surface area contributed by atoms with E-state index in [0.717, 1.165) is 24.1 Å². The summed E-state index contributed by atoms with van der Waals surface area (Å²) >= 11 is 8.36. The molecule has 2 aliphatic rings. The van der Waals surface area contributed by atoms with Gasteiger partial charge in [-0.25, -0.2) is 18.1 Å². The quantitative estimate of drug-likeness (QED) is 0.676. The van der Waals surface area contributed by atoms with E-state index in [1.807, 2.05) is 0 Å². The van der Waals surface area contributed by atoms with E-state index < -0.39 is 15.4 Å². The van der Waals surface area contributed by atoms with Crippen LogP contribution < -0.4 is 10.0 Å². The summed E-state index contributed by atoms with van der Waals surface area (Å²) < 4.78 is 27.5. The van der Waals surface area contributed by atoms with Gasteiger partial charge in [0.2, 0.25) is 15.9 Å². The first-order chi connectivity index (χ1) is 13.4. The summed E-state index contributed by atoms with van der Waals surface area (Å²) in [5.41, 5.74) is -0.674. The minimum atomic E-state index is -3.52. The van der Waals surface area contributed by atoms with Gasteiger partial charge in [-0.2, -0.15) is 0 Å². The molecule has 2 unspecified atom stereocenters. The van der Waals surface area contributed by atoms with Gasteiger partial charge >= 0.3 is 0 Å². The number of thiophene rings is 1. The summed E-state index contributed by atoms with van der Waals surface area (Å²) in [6.45, 7) is 0. The Kier molecular flexibility index (Phi) is 5.56. The van der Waals surface area contributed by atoms with E-state index in [2.05, 4.69) is 15.0 Å². The number of sulfonamides is 1. The zero-order valence-electron chi connectivity index (χ0n) is 15.4. The molecule has 0 aliphatic heterocycles. The lowest BCUT2D eigenvalue weighted by atomic mass is 9.82. The van der Waals surface area contributed by atoms with Gasteiger partial charge in [-0.1, -0.05) is 55.0 Å². The van der Waals surface area contributed by atoms with Crippen LogP contribution in [0.25, 0.3) is 0 Å². The van der Waals surface area contributed by atoms with Gasteiger partial charge in [-0.3, -0.25) is 4.79 Å². The molecule has 2 fully saturated rings. The fourth-order valence-corrected chi connectivity index (χ4v) is 7.59. The monoisotopic (exact) mass is 459 g/mol. The van der Waals surface area contributed by atoms with Crippen molar-refractivity contribution in [2.45, 2.75) is 48.1 Å². The SMILES string of the molecule is CNS(=O)(=O)c1ccc(C2(C(=O)Nc3ncc(Cl)s3)CC2C2CCCCC2)s1. The third-order valence-electron chi connectivity index (χ3n) is 5.89. The van der Waals surface area contributed by atoms with Gasteiger partial charge in [0, 0.05) is 4.88 Å². The fourth-order valence-electron chi connectivity index (χ4n) is 4.38. The molecule has 0 saturated heterocycles. The Bertz CT molecular complexity index is 981.